The smallest absolute Gasteiger partial charge is 0.321 e. The van der Waals surface area contributed by atoms with E-state index in [1.807, 2.05) is 13.8 Å². The van der Waals surface area contributed by atoms with Crippen molar-refractivity contribution in [1.29, 1.82) is 0 Å². The van der Waals surface area contributed by atoms with Crippen molar-refractivity contribution < 1.29 is 8.91 Å². The molecular weight excluding hydrogens is 161 g/mol. The van der Waals surface area contributed by atoms with Crippen LogP contribution in [-0.4, -0.2) is 23.4 Å². The molecule has 0 aliphatic carbocycles. The van der Waals surface area contributed by atoms with Crippen molar-refractivity contribution in [3.8, 4) is 0 Å². The molecule has 0 bridgehead atoms. The molecular formula is C7H12FN3O. The zero-order chi connectivity index (χ0) is 8.97. The number of rotatable bonds is 4. The summed E-state index contributed by atoms with van der Waals surface area (Å²) < 4.78 is 16.5. The average molecular weight is 173 g/mol. The standard InChI is InChI=1S/C7H12FN3O/c1-5(2)6-10-7(12-11-6)9-4-3-8/h5H,3-4H2,1-2H3,(H,9,10,11). The van der Waals surface area contributed by atoms with Gasteiger partial charge in [0.25, 0.3) is 0 Å². The molecule has 0 unspecified atom stereocenters. The van der Waals surface area contributed by atoms with Gasteiger partial charge in [-0.25, -0.2) is 4.39 Å². The molecule has 0 saturated carbocycles. The monoisotopic (exact) mass is 173 g/mol. The first kappa shape index (κ1) is 8.96. The molecule has 0 radical (unpaired) electrons. The maximum atomic E-state index is 11.7. The second-order valence-corrected chi connectivity index (χ2v) is 2.73. The number of aromatic nitrogens is 2. The highest BCUT2D eigenvalue weighted by molar-refractivity contribution is 5.18. The second-order valence-electron chi connectivity index (χ2n) is 2.73. The quantitative estimate of drug-likeness (QED) is 0.750. The zero-order valence-electron chi connectivity index (χ0n) is 7.17. The molecule has 1 heterocycles. The predicted octanol–water partition coefficient (Wildman–Crippen LogP) is 1.57. The predicted molar refractivity (Wildman–Crippen MR) is 42.9 cm³/mol. The minimum atomic E-state index is -0.445. The third-order valence-electron chi connectivity index (χ3n) is 1.33. The normalized spacial score (nSPS) is 10.7. The molecule has 0 aliphatic rings. The summed E-state index contributed by atoms with van der Waals surface area (Å²) in [5.41, 5.74) is 0. The SMILES string of the molecule is CC(C)c1noc(NCCF)n1. The lowest BCUT2D eigenvalue weighted by molar-refractivity contribution is 0.415. The van der Waals surface area contributed by atoms with Crippen LogP contribution in [0.4, 0.5) is 10.4 Å². The van der Waals surface area contributed by atoms with Gasteiger partial charge >= 0.3 is 6.01 Å². The number of anilines is 1. The fraction of sp³-hybridized carbons (Fsp3) is 0.714. The number of halogens is 1. The number of hydrogen-bond donors (Lipinski definition) is 1. The van der Waals surface area contributed by atoms with Crippen molar-refractivity contribution in [1.82, 2.24) is 10.1 Å². The lowest BCUT2D eigenvalue weighted by atomic mass is 10.2. The topological polar surface area (TPSA) is 51.0 Å². The van der Waals surface area contributed by atoms with E-state index in [1.165, 1.54) is 0 Å². The highest BCUT2D eigenvalue weighted by atomic mass is 19.1. The van der Waals surface area contributed by atoms with Gasteiger partial charge < -0.3 is 9.84 Å². The van der Waals surface area contributed by atoms with Crippen molar-refractivity contribution in [2.75, 3.05) is 18.5 Å². The highest BCUT2D eigenvalue weighted by Crippen LogP contribution is 2.11. The fourth-order valence-corrected chi connectivity index (χ4v) is 0.695. The van der Waals surface area contributed by atoms with Crippen molar-refractivity contribution in [2.45, 2.75) is 19.8 Å². The molecule has 1 aromatic rings. The maximum Gasteiger partial charge on any atom is 0.321 e. The van der Waals surface area contributed by atoms with E-state index >= 15 is 0 Å². The third kappa shape index (κ3) is 2.18. The number of nitrogens with zero attached hydrogens (tertiary/aromatic N) is 2. The Bertz CT molecular complexity index is 236. The number of hydrogen-bond acceptors (Lipinski definition) is 4. The van der Waals surface area contributed by atoms with Crippen LogP contribution in [0.1, 0.15) is 25.6 Å². The van der Waals surface area contributed by atoms with Crippen LogP contribution in [0.3, 0.4) is 0 Å². The summed E-state index contributed by atoms with van der Waals surface area (Å²) in [6.07, 6.45) is 0. The van der Waals surface area contributed by atoms with E-state index in [2.05, 4.69) is 15.5 Å². The van der Waals surface area contributed by atoms with E-state index in [-0.39, 0.29) is 18.5 Å². The van der Waals surface area contributed by atoms with Crippen molar-refractivity contribution in [3.63, 3.8) is 0 Å². The van der Waals surface area contributed by atoms with Crippen LogP contribution in [0.5, 0.6) is 0 Å². The van der Waals surface area contributed by atoms with Gasteiger partial charge in [0.1, 0.15) is 6.67 Å². The average Bonchev–Trinajstić information content (AvgIpc) is 2.48. The van der Waals surface area contributed by atoms with Crippen LogP contribution in [0.25, 0.3) is 0 Å². The molecule has 0 amide bonds. The Kier molecular flexibility index (Phi) is 3.01. The van der Waals surface area contributed by atoms with Gasteiger partial charge in [-0.1, -0.05) is 19.0 Å². The van der Waals surface area contributed by atoms with E-state index in [1.54, 1.807) is 0 Å². The second kappa shape index (κ2) is 4.04. The molecule has 4 nitrogen and oxygen atoms in total. The van der Waals surface area contributed by atoms with Gasteiger partial charge in [0.15, 0.2) is 5.82 Å². The lowest BCUT2D eigenvalue weighted by Crippen LogP contribution is -2.03. The van der Waals surface area contributed by atoms with Crippen LogP contribution in [0, 0.1) is 0 Å². The summed E-state index contributed by atoms with van der Waals surface area (Å²) in [5, 5.41) is 6.35. The Morgan fingerprint density at radius 3 is 2.83 bits per heavy atom. The van der Waals surface area contributed by atoms with Gasteiger partial charge in [-0.05, 0) is 0 Å². The molecule has 1 rings (SSSR count). The van der Waals surface area contributed by atoms with Crippen molar-refractivity contribution in [3.05, 3.63) is 5.82 Å². The molecule has 0 saturated heterocycles. The van der Waals surface area contributed by atoms with E-state index in [9.17, 15) is 4.39 Å². The molecule has 0 aromatic carbocycles. The van der Waals surface area contributed by atoms with Crippen LogP contribution < -0.4 is 5.32 Å². The van der Waals surface area contributed by atoms with E-state index in [4.69, 9.17) is 4.52 Å². The Labute approximate surface area is 70.2 Å². The fourth-order valence-electron chi connectivity index (χ4n) is 0.695. The summed E-state index contributed by atoms with van der Waals surface area (Å²) in [4.78, 5) is 3.99. The summed E-state index contributed by atoms with van der Waals surface area (Å²) in [7, 11) is 0. The Morgan fingerprint density at radius 1 is 1.58 bits per heavy atom. The van der Waals surface area contributed by atoms with Crippen LogP contribution >= 0.6 is 0 Å². The lowest BCUT2D eigenvalue weighted by Gasteiger charge is -1.94. The molecule has 68 valence electrons. The molecule has 0 atom stereocenters. The van der Waals surface area contributed by atoms with Gasteiger partial charge in [-0.3, -0.25) is 0 Å². The van der Waals surface area contributed by atoms with Crippen LogP contribution in [-0.2, 0) is 0 Å². The Balaban J connectivity index is 2.52. The van der Waals surface area contributed by atoms with Gasteiger partial charge in [0, 0.05) is 12.5 Å². The van der Waals surface area contributed by atoms with Gasteiger partial charge in [0.2, 0.25) is 0 Å². The first-order valence-corrected chi connectivity index (χ1v) is 3.87. The molecule has 5 heteroatoms. The summed E-state index contributed by atoms with van der Waals surface area (Å²) in [5.74, 6) is 0.867. The Hall–Kier alpha value is -1.13. The largest absolute Gasteiger partial charge is 0.335 e. The minimum Gasteiger partial charge on any atom is -0.335 e. The third-order valence-corrected chi connectivity index (χ3v) is 1.33. The van der Waals surface area contributed by atoms with Crippen LogP contribution in [0.2, 0.25) is 0 Å². The number of alkyl halides is 1. The molecule has 1 aromatic heterocycles. The van der Waals surface area contributed by atoms with Gasteiger partial charge in [-0.2, -0.15) is 4.98 Å². The molecule has 0 spiro atoms. The molecule has 0 fully saturated rings. The highest BCUT2D eigenvalue weighted by Gasteiger charge is 2.07. The Morgan fingerprint density at radius 2 is 2.33 bits per heavy atom. The van der Waals surface area contributed by atoms with Crippen molar-refractivity contribution >= 4 is 6.01 Å². The number of nitrogens with one attached hydrogen (secondary N) is 1. The maximum absolute atomic E-state index is 11.7. The first-order chi connectivity index (χ1) is 5.74. The minimum absolute atomic E-state index is 0.208. The first-order valence-electron chi connectivity index (χ1n) is 3.87. The van der Waals surface area contributed by atoms with Crippen LogP contribution in [0.15, 0.2) is 4.52 Å². The van der Waals surface area contributed by atoms with E-state index < -0.39 is 6.67 Å². The molecule has 1 N–H and O–H groups in total. The summed E-state index contributed by atoms with van der Waals surface area (Å²) >= 11 is 0. The summed E-state index contributed by atoms with van der Waals surface area (Å²) in [6, 6.07) is 0.288. The molecule has 12 heavy (non-hydrogen) atoms. The summed E-state index contributed by atoms with van der Waals surface area (Å²) in [6.45, 7) is 3.69. The van der Waals surface area contributed by atoms with Crippen molar-refractivity contribution in [2.24, 2.45) is 0 Å². The zero-order valence-corrected chi connectivity index (χ0v) is 7.17. The van der Waals surface area contributed by atoms with Gasteiger partial charge in [-0.15, -0.1) is 0 Å². The molecule has 0 aliphatic heterocycles. The van der Waals surface area contributed by atoms with E-state index in [0.717, 1.165) is 0 Å². The van der Waals surface area contributed by atoms with Gasteiger partial charge in [0.05, 0.1) is 0 Å². The van der Waals surface area contributed by atoms with E-state index in [0.29, 0.717) is 5.82 Å².